The first-order valence-corrected chi connectivity index (χ1v) is 8.06. The van der Waals surface area contributed by atoms with Crippen molar-refractivity contribution in [1.82, 2.24) is 0 Å². The normalized spacial score (nSPS) is 9.08. The number of rotatable bonds is 1. The highest BCUT2D eigenvalue weighted by atomic mass is 16.5. The van der Waals surface area contributed by atoms with E-state index in [9.17, 15) is 5.26 Å². The van der Waals surface area contributed by atoms with Crippen molar-refractivity contribution in [3.05, 3.63) is 101 Å². The minimum absolute atomic E-state index is 0.569. The molecule has 0 atom stereocenters. The number of hydrogen-bond donors (Lipinski definition) is 0. The average molecular weight is 333 g/mol. The maximum atomic E-state index is 9.17. The van der Waals surface area contributed by atoms with Gasteiger partial charge in [0.15, 0.2) is 0 Å². The summed E-state index contributed by atoms with van der Waals surface area (Å²) in [6.45, 7) is 0. The third-order valence-electron chi connectivity index (χ3n) is 3.72. The van der Waals surface area contributed by atoms with Crippen molar-refractivity contribution in [1.29, 1.82) is 5.26 Å². The highest BCUT2D eigenvalue weighted by molar-refractivity contribution is 5.56. The highest BCUT2D eigenvalue weighted by Gasteiger charge is 1.98. The first-order valence-electron chi connectivity index (χ1n) is 8.06. The molecule has 122 valence electrons. The van der Waals surface area contributed by atoms with E-state index in [1.165, 1.54) is 0 Å². The zero-order valence-electron chi connectivity index (χ0n) is 14.3. The summed E-state index contributed by atoms with van der Waals surface area (Å²) in [7, 11) is 1.64. The number of methoxy groups -OCH3 is 1. The second-order valence-electron chi connectivity index (χ2n) is 5.43. The van der Waals surface area contributed by atoms with Crippen molar-refractivity contribution in [2.75, 3.05) is 7.11 Å². The Morgan fingerprint density at radius 2 is 1.19 bits per heavy atom. The van der Waals surface area contributed by atoms with E-state index < -0.39 is 0 Å². The monoisotopic (exact) mass is 333 g/mol. The zero-order chi connectivity index (χ0) is 18.2. The summed E-state index contributed by atoms with van der Waals surface area (Å²) in [5.41, 5.74) is 3.83. The van der Waals surface area contributed by atoms with E-state index in [1.807, 2.05) is 66.7 Å². The number of nitrogens with zero attached hydrogens (tertiary/aromatic N) is 1. The molecule has 0 bridgehead atoms. The Bertz CT molecular complexity index is 1100. The minimum atomic E-state index is 0.569. The molecule has 0 spiro atoms. The van der Waals surface area contributed by atoms with Gasteiger partial charge in [-0.25, -0.2) is 0 Å². The molecule has 0 aromatic heterocycles. The summed E-state index contributed by atoms with van der Waals surface area (Å²) in [5.74, 6) is 13.3. The van der Waals surface area contributed by atoms with Crippen LogP contribution >= 0.6 is 0 Å². The lowest BCUT2D eigenvalue weighted by Crippen LogP contribution is -1.86. The van der Waals surface area contributed by atoms with E-state index in [1.54, 1.807) is 13.2 Å². The third kappa shape index (κ3) is 4.12. The highest BCUT2D eigenvalue weighted by Crippen LogP contribution is 2.12. The van der Waals surface area contributed by atoms with Crippen LogP contribution in [0.5, 0.6) is 5.75 Å². The van der Waals surface area contributed by atoms with Gasteiger partial charge in [-0.05, 0) is 42.5 Å². The van der Waals surface area contributed by atoms with Crippen LogP contribution in [-0.2, 0) is 0 Å². The Kier molecular flexibility index (Phi) is 5.37. The lowest BCUT2D eigenvalue weighted by atomic mass is 10.1. The standard InChI is InChI=1S/C24H15NO/c1-26-24-12-6-7-19(17-24)13-14-20-8-2-3-9-21(20)15-16-22-10-4-5-11-23(22)18-25/h2-12,17H,1H3. The van der Waals surface area contributed by atoms with E-state index in [0.29, 0.717) is 11.1 Å². The molecule has 2 nitrogen and oxygen atoms in total. The topological polar surface area (TPSA) is 33.0 Å². The van der Waals surface area contributed by atoms with Crippen LogP contribution in [0.3, 0.4) is 0 Å². The van der Waals surface area contributed by atoms with Crippen molar-refractivity contribution in [3.8, 4) is 35.5 Å². The molecule has 0 aliphatic rings. The van der Waals surface area contributed by atoms with Crippen LogP contribution in [0.1, 0.15) is 27.8 Å². The summed E-state index contributed by atoms with van der Waals surface area (Å²) in [4.78, 5) is 0. The first kappa shape index (κ1) is 16.9. The summed E-state index contributed by atoms with van der Waals surface area (Å²) < 4.78 is 5.22. The van der Waals surface area contributed by atoms with E-state index in [0.717, 1.165) is 22.4 Å². The summed E-state index contributed by atoms with van der Waals surface area (Å²) >= 11 is 0. The fourth-order valence-electron chi connectivity index (χ4n) is 2.37. The fraction of sp³-hybridized carbons (Fsp3) is 0.0417. The number of nitriles is 1. The van der Waals surface area contributed by atoms with Gasteiger partial charge in [-0.15, -0.1) is 0 Å². The molecule has 0 saturated heterocycles. The van der Waals surface area contributed by atoms with Crippen LogP contribution in [0.25, 0.3) is 0 Å². The van der Waals surface area contributed by atoms with Crippen molar-refractivity contribution in [3.63, 3.8) is 0 Å². The van der Waals surface area contributed by atoms with Gasteiger partial charge in [-0.3, -0.25) is 0 Å². The second-order valence-corrected chi connectivity index (χ2v) is 5.43. The van der Waals surface area contributed by atoms with Crippen LogP contribution in [0.4, 0.5) is 0 Å². The molecule has 3 rings (SSSR count). The number of ether oxygens (including phenoxy) is 1. The summed E-state index contributed by atoms with van der Waals surface area (Å²) in [5, 5.41) is 9.17. The molecule has 3 aromatic rings. The Hall–Kier alpha value is -3.93. The number of hydrogen-bond acceptors (Lipinski definition) is 2. The Morgan fingerprint density at radius 3 is 1.77 bits per heavy atom. The van der Waals surface area contributed by atoms with Crippen molar-refractivity contribution >= 4 is 0 Å². The SMILES string of the molecule is COc1cccc(C#Cc2ccccc2C#Cc2ccccc2C#N)c1. The second kappa shape index (κ2) is 8.25. The molecule has 0 aliphatic carbocycles. The Balaban J connectivity index is 1.95. The van der Waals surface area contributed by atoms with Crippen molar-refractivity contribution < 1.29 is 4.74 Å². The van der Waals surface area contributed by atoms with E-state index in [-0.39, 0.29) is 0 Å². The maximum absolute atomic E-state index is 9.17. The molecule has 0 N–H and O–H groups in total. The van der Waals surface area contributed by atoms with Gasteiger partial charge in [0, 0.05) is 22.3 Å². The van der Waals surface area contributed by atoms with Crippen LogP contribution < -0.4 is 4.74 Å². The van der Waals surface area contributed by atoms with Gasteiger partial charge in [0.05, 0.1) is 12.7 Å². The molecule has 0 amide bonds. The largest absolute Gasteiger partial charge is 0.497 e. The molecule has 0 saturated carbocycles. The lowest BCUT2D eigenvalue weighted by molar-refractivity contribution is 0.414. The van der Waals surface area contributed by atoms with Crippen LogP contribution in [0.2, 0.25) is 0 Å². The van der Waals surface area contributed by atoms with Crippen LogP contribution in [0.15, 0.2) is 72.8 Å². The molecule has 0 radical (unpaired) electrons. The predicted molar refractivity (Wildman–Crippen MR) is 103 cm³/mol. The molecule has 0 heterocycles. The summed E-state index contributed by atoms with van der Waals surface area (Å²) in [6.07, 6.45) is 0. The van der Waals surface area contributed by atoms with Crippen LogP contribution in [0, 0.1) is 35.0 Å². The summed E-state index contributed by atoms with van der Waals surface area (Å²) in [6, 6.07) is 24.8. The predicted octanol–water partition coefficient (Wildman–Crippen LogP) is 4.37. The van der Waals surface area contributed by atoms with E-state index in [4.69, 9.17) is 4.74 Å². The quantitative estimate of drug-likeness (QED) is 0.620. The minimum Gasteiger partial charge on any atom is -0.497 e. The van der Waals surface area contributed by atoms with Gasteiger partial charge in [-0.1, -0.05) is 54.0 Å². The van der Waals surface area contributed by atoms with E-state index >= 15 is 0 Å². The van der Waals surface area contributed by atoms with Gasteiger partial charge in [0.1, 0.15) is 11.8 Å². The van der Waals surface area contributed by atoms with Crippen molar-refractivity contribution in [2.45, 2.75) is 0 Å². The molecule has 2 heteroatoms. The molecule has 0 unspecified atom stereocenters. The maximum Gasteiger partial charge on any atom is 0.120 e. The molecule has 0 aliphatic heterocycles. The van der Waals surface area contributed by atoms with Gasteiger partial charge < -0.3 is 4.74 Å². The van der Waals surface area contributed by atoms with Gasteiger partial charge in [0.2, 0.25) is 0 Å². The van der Waals surface area contributed by atoms with Gasteiger partial charge in [0.25, 0.3) is 0 Å². The zero-order valence-corrected chi connectivity index (χ0v) is 14.3. The average Bonchev–Trinajstić information content (AvgIpc) is 2.71. The van der Waals surface area contributed by atoms with Crippen molar-refractivity contribution in [2.24, 2.45) is 0 Å². The molecule has 0 fully saturated rings. The fourth-order valence-corrected chi connectivity index (χ4v) is 2.37. The third-order valence-corrected chi connectivity index (χ3v) is 3.72. The molecular weight excluding hydrogens is 318 g/mol. The molecule has 26 heavy (non-hydrogen) atoms. The Morgan fingerprint density at radius 1 is 0.654 bits per heavy atom. The molecule has 3 aromatic carbocycles. The molecular formula is C24H15NO. The van der Waals surface area contributed by atoms with E-state index in [2.05, 4.69) is 29.8 Å². The van der Waals surface area contributed by atoms with Gasteiger partial charge in [-0.2, -0.15) is 5.26 Å². The van der Waals surface area contributed by atoms with Gasteiger partial charge >= 0.3 is 0 Å². The first-order chi connectivity index (χ1) is 12.8. The number of benzene rings is 3. The van der Waals surface area contributed by atoms with Crippen LogP contribution in [-0.4, -0.2) is 7.11 Å². The lowest BCUT2D eigenvalue weighted by Gasteiger charge is -1.99. The smallest absolute Gasteiger partial charge is 0.120 e. The Labute approximate surface area is 153 Å².